The molecule has 41 heavy (non-hydrogen) atoms. The van der Waals surface area contributed by atoms with E-state index >= 15 is 0 Å². The number of carbonyl (C=O) groups is 1. The van der Waals surface area contributed by atoms with Gasteiger partial charge in [0.15, 0.2) is 0 Å². The lowest BCUT2D eigenvalue weighted by atomic mass is 9.71. The molecular formula is C33H37N7O. The Hall–Kier alpha value is -4.33. The summed E-state index contributed by atoms with van der Waals surface area (Å²) in [6.07, 6.45) is 13.4. The fraction of sp³-hybridized carbons (Fsp3) is 0.364. The summed E-state index contributed by atoms with van der Waals surface area (Å²) in [6, 6.07) is 13.9. The molecular weight excluding hydrogens is 510 g/mol. The smallest absolute Gasteiger partial charge is 0.257 e. The number of allylic oxidation sites excluding steroid dienone is 1. The van der Waals surface area contributed by atoms with E-state index in [2.05, 4.69) is 59.2 Å². The number of aliphatic imine (C=N–C) groups is 2. The van der Waals surface area contributed by atoms with E-state index in [-0.39, 0.29) is 29.2 Å². The Labute approximate surface area is 241 Å². The average Bonchev–Trinajstić information content (AvgIpc) is 3.46. The zero-order valence-electron chi connectivity index (χ0n) is 23.8. The second-order valence-electron chi connectivity index (χ2n) is 11.4. The van der Waals surface area contributed by atoms with Crippen LogP contribution >= 0.6 is 0 Å². The van der Waals surface area contributed by atoms with Crippen LogP contribution < -0.4 is 5.32 Å². The van der Waals surface area contributed by atoms with Gasteiger partial charge in [0.25, 0.3) is 5.91 Å². The molecule has 1 N–H and O–H groups in total. The van der Waals surface area contributed by atoms with Gasteiger partial charge in [0.2, 0.25) is 0 Å². The molecule has 0 spiro atoms. The van der Waals surface area contributed by atoms with Crippen LogP contribution in [0.5, 0.6) is 0 Å². The molecule has 8 heteroatoms. The predicted octanol–water partition coefficient (Wildman–Crippen LogP) is 4.99. The number of carbonyl (C=O) groups excluding carboxylic acids is 1. The Balaban J connectivity index is 1.26. The number of pyridine rings is 1. The molecule has 8 nitrogen and oxygen atoms in total. The second-order valence-corrected chi connectivity index (χ2v) is 11.4. The van der Waals surface area contributed by atoms with E-state index in [9.17, 15) is 4.79 Å². The summed E-state index contributed by atoms with van der Waals surface area (Å²) in [5.41, 5.74) is 5.18. The molecule has 0 radical (unpaired) electrons. The van der Waals surface area contributed by atoms with Gasteiger partial charge in [-0.25, -0.2) is 4.68 Å². The molecule has 1 saturated heterocycles. The van der Waals surface area contributed by atoms with Gasteiger partial charge in [-0.05, 0) is 55.7 Å². The molecule has 0 saturated carbocycles. The summed E-state index contributed by atoms with van der Waals surface area (Å²) in [5.74, 6) is 0.538. The third-order valence-electron chi connectivity index (χ3n) is 8.83. The standard InChI is InChI=1S/C33H37N7O/c1-4-29-27(22-40(38-29)26-12-6-5-7-13-26)32(41)39-15-9-11-25(21-39)30-16-31(36-19-24-10-8-14-34-18-24)28-20-35-17-23(2)33(28,3)37-30/h4-8,10,12-14,16-18,22-23,25,28,36H,1,9,11,15,19-21H2,2-3H3. The van der Waals surface area contributed by atoms with Crippen LogP contribution in [0, 0.1) is 17.8 Å². The maximum absolute atomic E-state index is 13.9. The lowest BCUT2D eigenvalue weighted by Crippen LogP contribution is -2.51. The summed E-state index contributed by atoms with van der Waals surface area (Å²) in [6.45, 7) is 11.1. The van der Waals surface area contributed by atoms with E-state index < -0.39 is 0 Å². The van der Waals surface area contributed by atoms with Gasteiger partial charge >= 0.3 is 0 Å². The van der Waals surface area contributed by atoms with Crippen LogP contribution in [0.1, 0.15) is 48.3 Å². The van der Waals surface area contributed by atoms with Crippen LogP contribution in [-0.2, 0) is 6.54 Å². The lowest BCUT2D eigenvalue weighted by Gasteiger charge is -2.45. The molecule has 210 valence electrons. The number of aromatic nitrogens is 3. The van der Waals surface area contributed by atoms with Crippen molar-refractivity contribution in [2.45, 2.75) is 38.8 Å². The number of nitrogens with one attached hydrogen (secondary N) is 1. The van der Waals surface area contributed by atoms with Gasteiger partial charge in [0.05, 0.1) is 22.5 Å². The highest BCUT2D eigenvalue weighted by atomic mass is 16.2. The zero-order valence-corrected chi connectivity index (χ0v) is 23.8. The highest BCUT2D eigenvalue weighted by Crippen LogP contribution is 2.41. The Kier molecular flexibility index (Phi) is 7.39. The molecule has 4 unspecified atom stereocenters. The van der Waals surface area contributed by atoms with E-state index in [0.29, 0.717) is 37.4 Å². The van der Waals surface area contributed by atoms with Gasteiger partial charge in [0.1, 0.15) is 0 Å². The molecule has 3 aliphatic heterocycles. The highest BCUT2D eigenvalue weighted by molar-refractivity contribution is 6.01. The number of likely N-dealkylation sites (tertiary alicyclic amines) is 1. The predicted molar refractivity (Wildman–Crippen MR) is 163 cm³/mol. The monoisotopic (exact) mass is 547 g/mol. The normalized spacial score (nSPS) is 25.6. The molecule has 1 fully saturated rings. The van der Waals surface area contributed by atoms with Crippen molar-refractivity contribution in [2.24, 2.45) is 27.7 Å². The highest BCUT2D eigenvalue weighted by Gasteiger charge is 2.46. The van der Waals surface area contributed by atoms with E-state index in [4.69, 9.17) is 4.99 Å². The molecule has 1 amide bonds. The van der Waals surface area contributed by atoms with E-state index in [1.807, 2.05) is 53.7 Å². The summed E-state index contributed by atoms with van der Waals surface area (Å²) in [7, 11) is 0. The molecule has 1 aromatic carbocycles. The van der Waals surface area contributed by atoms with Gasteiger partial charge in [-0.2, -0.15) is 5.10 Å². The first kappa shape index (κ1) is 26.9. The first-order chi connectivity index (χ1) is 20.0. The van der Waals surface area contributed by atoms with Crippen LogP contribution in [0.2, 0.25) is 0 Å². The fourth-order valence-electron chi connectivity index (χ4n) is 6.22. The minimum absolute atomic E-state index is 0.00986. The van der Waals surface area contributed by atoms with E-state index in [1.165, 1.54) is 5.70 Å². The fourth-order valence-corrected chi connectivity index (χ4v) is 6.22. The quantitative estimate of drug-likeness (QED) is 0.452. The molecule has 3 aromatic rings. The van der Waals surface area contributed by atoms with Crippen molar-refractivity contribution in [1.29, 1.82) is 0 Å². The van der Waals surface area contributed by atoms with Gasteiger partial charge in [-0.3, -0.25) is 19.8 Å². The number of piperidine rings is 1. The van der Waals surface area contributed by atoms with E-state index in [0.717, 1.165) is 29.8 Å². The Morgan fingerprint density at radius 3 is 2.85 bits per heavy atom. The van der Waals surface area contributed by atoms with Gasteiger partial charge in [0, 0.05) is 80.1 Å². The van der Waals surface area contributed by atoms with Crippen molar-refractivity contribution in [3.05, 3.63) is 96.2 Å². The van der Waals surface area contributed by atoms with Crippen molar-refractivity contribution >= 4 is 23.9 Å². The summed E-state index contributed by atoms with van der Waals surface area (Å²) in [4.78, 5) is 30.2. The van der Waals surface area contributed by atoms with E-state index in [1.54, 1.807) is 17.0 Å². The minimum atomic E-state index is -0.289. The number of amides is 1. The van der Waals surface area contributed by atoms with Crippen LogP contribution in [0.15, 0.2) is 89.4 Å². The van der Waals surface area contributed by atoms with Crippen molar-refractivity contribution in [2.75, 3.05) is 19.6 Å². The molecule has 6 rings (SSSR count). The maximum Gasteiger partial charge on any atom is 0.257 e. The number of nitrogens with zero attached hydrogens (tertiary/aromatic N) is 6. The molecule has 0 aliphatic carbocycles. The number of hydrogen-bond acceptors (Lipinski definition) is 6. The first-order valence-electron chi connectivity index (χ1n) is 14.5. The third kappa shape index (κ3) is 5.26. The lowest BCUT2D eigenvalue weighted by molar-refractivity contribution is 0.0702. The minimum Gasteiger partial charge on any atom is -0.384 e. The van der Waals surface area contributed by atoms with Crippen LogP contribution in [0.3, 0.4) is 0 Å². The van der Waals surface area contributed by atoms with Crippen molar-refractivity contribution in [3.8, 4) is 5.69 Å². The number of dihydropyridines is 1. The second kappa shape index (κ2) is 11.3. The number of fused-ring (bicyclic) bond motifs is 1. The van der Waals surface area contributed by atoms with Crippen molar-refractivity contribution in [1.82, 2.24) is 25.0 Å². The van der Waals surface area contributed by atoms with Crippen molar-refractivity contribution < 1.29 is 4.79 Å². The summed E-state index contributed by atoms with van der Waals surface area (Å²) in [5, 5.41) is 8.34. The zero-order chi connectivity index (χ0) is 28.4. The summed E-state index contributed by atoms with van der Waals surface area (Å²) < 4.78 is 1.76. The Morgan fingerprint density at radius 1 is 1.22 bits per heavy atom. The molecule has 4 atom stereocenters. The number of rotatable bonds is 7. The topological polar surface area (TPSA) is 87.8 Å². The molecule has 5 heterocycles. The average molecular weight is 548 g/mol. The van der Waals surface area contributed by atoms with Gasteiger partial charge < -0.3 is 10.2 Å². The van der Waals surface area contributed by atoms with Crippen LogP contribution in [0.25, 0.3) is 11.8 Å². The largest absolute Gasteiger partial charge is 0.384 e. The number of para-hydroxylation sites is 1. The molecule has 0 bridgehead atoms. The summed E-state index contributed by atoms with van der Waals surface area (Å²) >= 11 is 0. The third-order valence-corrected chi connectivity index (χ3v) is 8.83. The van der Waals surface area contributed by atoms with Crippen molar-refractivity contribution in [3.63, 3.8) is 0 Å². The number of hydrogen-bond donors (Lipinski definition) is 1. The van der Waals surface area contributed by atoms with Gasteiger partial charge in [-0.1, -0.05) is 37.8 Å². The molecule has 2 aromatic heterocycles. The maximum atomic E-state index is 13.9. The van der Waals surface area contributed by atoms with Gasteiger partial charge in [-0.15, -0.1) is 0 Å². The van der Waals surface area contributed by atoms with Crippen LogP contribution in [0.4, 0.5) is 0 Å². The first-order valence-corrected chi connectivity index (χ1v) is 14.5. The SMILES string of the molecule is C=Cc1nn(-c2ccccc2)cc1C(=O)N1CCCC(C2=NC3(C)C(C)C=NCC3C(NCc3cccnc3)=C2)C1. The Morgan fingerprint density at radius 2 is 2.07 bits per heavy atom. The van der Waals surface area contributed by atoms with Crippen LogP contribution in [-0.4, -0.2) is 62.7 Å². The molecule has 3 aliphatic rings. The number of benzene rings is 1. The Bertz CT molecular complexity index is 1510.